The Morgan fingerprint density at radius 1 is 1.47 bits per heavy atom. The maximum Gasteiger partial charge on any atom is 0.0893 e. The van der Waals surface area contributed by atoms with E-state index in [0.717, 1.165) is 19.3 Å². The van der Waals surface area contributed by atoms with Crippen molar-refractivity contribution in [2.24, 2.45) is 17.3 Å². The lowest BCUT2D eigenvalue weighted by Gasteiger charge is -2.45. The topological polar surface area (TPSA) is 29.5 Å². The molecule has 0 amide bonds. The zero-order valence-corrected chi connectivity index (χ0v) is 11.4. The summed E-state index contributed by atoms with van der Waals surface area (Å²) in [4.78, 5) is 0. The van der Waals surface area contributed by atoms with Gasteiger partial charge in [0.15, 0.2) is 0 Å². The average molecular weight is 236 g/mol. The molecule has 2 rings (SSSR count). The normalized spacial score (nSPS) is 37.8. The van der Waals surface area contributed by atoms with Gasteiger partial charge in [-0.2, -0.15) is 0 Å². The highest BCUT2D eigenvalue weighted by Gasteiger charge is 2.43. The molecule has 96 valence electrons. The van der Waals surface area contributed by atoms with Gasteiger partial charge in [-0.15, -0.1) is 0 Å². The van der Waals surface area contributed by atoms with E-state index < -0.39 is 5.60 Å². The van der Waals surface area contributed by atoms with Crippen molar-refractivity contribution in [2.45, 2.75) is 52.6 Å². The van der Waals surface area contributed by atoms with E-state index in [0.29, 0.717) is 11.8 Å². The van der Waals surface area contributed by atoms with Crippen LogP contribution in [-0.4, -0.2) is 10.7 Å². The monoisotopic (exact) mass is 236 g/mol. The van der Waals surface area contributed by atoms with Crippen molar-refractivity contribution in [3.8, 4) is 0 Å². The number of hydrogen-bond donors (Lipinski definition) is 1. The number of allylic oxidation sites excluding steroid dienone is 2. The van der Waals surface area contributed by atoms with E-state index in [1.165, 1.54) is 5.57 Å². The van der Waals surface area contributed by atoms with Gasteiger partial charge in [0.2, 0.25) is 0 Å². The third kappa shape index (κ3) is 2.42. The highest BCUT2D eigenvalue weighted by Crippen LogP contribution is 2.50. The summed E-state index contributed by atoms with van der Waals surface area (Å²) < 4.78 is 5.38. The molecule has 0 aromatic carbocycles. The molecular formula is C15H24O2. The number of hydrogen-bond acceptors (Lipinski definition) is 2. The first kappa shape index (κ1) is 12.7. The Bertz CT molecular complexity index is 348. The minimum absolute atomic E-state index is 0.193. The second kappa shape index (κ2) is 4.16. The smallest absolute Gasteiger partial charge is 0.0893 e. The van der Waals surface area contributed by atoms with Gasteiger partial charge in [0.1, 0.15) is 0 Å². The summed E-state index contributed by atoms with van der Waals surface area (Å²) in [6, 6.07) is 0. The van der Waals surface area contributed by atoms with Crippen LogP contribution >= 0.6 is 0 Å². The fourth-order valence-corrected chi connectivity index (χ4v) is 3.30. The molecule has 1 heterocycles. The summed E-state index contributed by atoms with van der Waals surface area (Å²) in [5, 5.41) is 10.2. The van der Waals surface area contributed by atoms with Crippen molar-refractivity contribution in [1.82, 2.24) is 0 Å². The molecule has 0 aromatic heterocycles. The molecule has 1 N–H and O–H groups in total. The first-order valence-corrected chi connectivity index (χ1v) is 6.55. The van der Waals surface area contributed by atoms with E-state index in [-0.39, 0.29) is 5.41 Å². The van der Waals surface area contributed by atoms with Crippen molar-refractivity contribution in [3.05, 3.63) is 24.2 Å². The van der Waals surface area contributed by atoms with E-state index in [1.807, 2.05) is 26.4 Å². The maximum absolute atomic E-state index is 10.2. The number of ether oxygens (including phenoxy) is 1. The van der Waals surface area contributed by atoms with Gasteiger partial charge >= 0.3 is 0 Å². The molecule has 2 heteroatoms. The van der Waals surface area contributed by atoms with Gasteiger partial charge in [-0.3, -0.25) is 0 Å². The van der Waals surface area contributed by atoms with Crippen molar-refractivity contribution in [3.63, 3.8) is 0 Å². The summed E-state index contributed by atoms with van der Waals surface area (Å²) in [5.41, 5.74) is 0.920. The minimum Gasteiger partial charge on any atom is -0.473 e. The Balaban J connectivity index is 2.25. The van der Waals surface area contributed by atoms with Gasteiger partial charge in [-0.05, 0) is 68.9 Å². The minimum atomic E-state index is -0.571. The Morgan fingerprint density at radius 2 is 2.18 bits per heavy atom. The predicted octanol–water partition coefficient (Wildman–Crippen LogP) is 3.63. The zero-order valence-electron chi connectivity index (χ0n) is 11.4. The Hall–Kier alpha value is -0.760. The van der Waals surface area contributed by atoms with E-state index in [4.69, 9.17) is 4.74 Å². The Kier molecular flexibility index (Phi) is 3.11. The van der Waals surface area contributed by atoms with E-state index in [2.05, 4.69) is 19.9 Å². The summed E-state index contributed by atoms with van der Waals surface area (Å²) in [6.45, 7) is 8.31. The molecule has 1 fully saturated rings. The molecule has 2 nitrogen and oxygen atoms in total. The Morgan fingerprint density at radius 3 is 2.82 bits per heavy atom. The van der Waals surface area contributed by atoms with E-state index in [9.17, 15) is 5.11 Å². The number of aliphatic hydroxyl groups is 1. The third-order valence-corrected chi connectivity index (χ3v) is 4.68. The molecule has 0 aromatic rings. The number of fused-ring (bicyclic) bond motifs is 1. The van der Waals surface area contributed by atoms with Gasteiger partial charge in [-0.25, -0.2) is 0 Å². The molecule has 0 radical (unpaired) electrons. The first-order chi connectivity index (χ1) is 7.83. The molecule has 2 aliphatic rings. The van der Waals surface area contributed by atoms with E-state index in [1.54, 1.807) is 0 Å². The molecule has 0 spiro atoms. The van der Waals surface area contributed by atoms with Crippen LogP contribution in [0.3, 0.4) is 0 Å². The molecule has 1 aliphatic heterocycles. The summed E-state index contributed by atoms with van der Waals surface area (Å²) >= 11 is 0. The number of rotatable bonds is 1. The first-order valence-electron chi connectivity index (χ1n) is 6.55. The van der Waals surface area contributed by atoms with Crippen molar-refractivity contribution in [1.29, 1.82) is 0 Å². The summed E-state index contributed by atoms with van der Waals surface area (Å²) in [6.07, 6.45) is 9.14. The van der Waals surface area contributed by atoms with Crippen LogP contribution in [0.15, 0.2) is 24.2 Å². The molecule has 17 heavy (non-hydrogen) atoms. The molecule has 3 atom stereocenters. The summed E-state index contributed by atoms with van der Waals surface area (Å²) in [7, 11) is 0. The van der Waals surface area contributed by atoms with Crippen LogP contribution in [0.1, 0.15) is 47.0 Å². The van der Waals surface area contributed by atoms with Crippen molar-refractivity contribution < 1.29 is 9.84 Å². The van der Waals surface area contributed by atoms with Gasteiger partial charge in [0.05, 0.1) is 18.1 Å². The van der Waals surface area contributed by atoms with Crippen molar-refractivity contribution >= 4 is 0 Å². The molecular weight excluding hydrogens is 212 g/mol. The van der Waals surface area contributed by atoms with E-state index >= 15 is 0 Å². The molecule has 0 bridgehead atoms. The lowest BCUT2D eigenvalue weighted by Crippen LogP contribution is -2.41. The van der Waals surface area contributed by atoms with Gasteiger partial charge in [-0.1, -0.05) is 6.92 Å². The molecule has 1 saturated carbocycles. The fraction of sp³-hybridized carbons (Fsp3) is 0.733. The van der Waals surface area contributed by atoms with Crippen LogP contribution in [0.5, 0.6) is 0 Å². The van der Waals surface area contributed by atoms with Crippen LogP contribution in [0.4, 0.5) is 0 Å². The zero-order chi connectivity index (χ0) is 12.7. The maximum atomic E-state index is 10.2. The van der Waals surface area contributed by atoms with Gasteiger partial charge < -0.3 is 9.84 Å². The standard InChI is InChI=1S/C15H24O2/c1-11-10-17-8-7-15(4)6-5-12(9-13(11)15)14(2,3)16/h7-8,10,12-13,16H,5-6,9H2,1-4H3. The molecule has 0 saturated heterocycles. The predicted molar refractivity (Wildman–Crippen MR) is 69.2 cm³/mol. The van der Waals surface area contributed by atoms with Crippen molar-refractivity contribution in [2.75, 3.05) is 0 Å². The van der Waals surface area contributed by atoms with Crippen LogP contribution < -0.4 is 0 Å². The van der Waals surface area contributed by atoms with Crippen LogP contribution in [-0.2, 0) is 4.74 Å². The van der Waals surface area contributed by atoms with Gasteiger partial charge in [0, 0.05) is 0 Å². The third-order valence-electron chi connectivity index (χ3n) is 4.68. The van der Waals surface area contributed by atoms with Crippen LogP contribution in [0, 0.1) is 17.3 Å². The van der Waals surface area contributed by atoms with Crippen LogP contribution in [0.2, 0.25) is 0 Å². The highest BCUT2D eigenvalue weighted by atomic mass is 16.5. The Labute approximate surface area is 104 Å². The fourth-order valence-electron chi connectivity index (χ4n) is 3.30. The highest BCUT2D eigenvalue weighted by molar-refractivity contribution is 5.17. The van der Waals surface area contributed by atoms with Gasteiger partial charge in [0.25, 0.3) is 0 Å². The lowest BCUT2D eigenvalue weighted by atomic mass is 9.60. The quantitative estimate of drug-likeness (QED) is 0.753. The molecule has 3 unspecified atom stereocenters. The summed E-state index contributed by atoms with van der Waals surface area (Å²) in [5.74, 6) is 0.877. The largest absolute Gasteiger partial charge is 0.473 e. The van der Waals surface area contributed by atoms with Crippen LogP contribution in [0.25, 0.3) is 0 Å². The lowest BCUT2D eigenvalue weighted by molar-refractivity contribution is -0.0244. The SMILES string of the molecule is CC1=COC=CC2(C)CCC(C(C)(C)O)CC12. The second-order valence-electron chi connectivity index (χ2n) is 6.48. The average Bonchev–Trinajstić information content (AvgIpc) is 2.36. The molecule has 1 aliphatic carbocycles. The second-order valence-corrected chi connectivity index (χ2v) is 6.48.